The number of halogens is 2. The van der Waals surface area contributed by atoms with E-state index in [1.807, 2.05) is 16.7 Å². The van der Waals surface area contributed by atoms with Crippen LogP contribution in [0.15, 0.2) is 29.3 Å². The summed E-state index contributed by atoms with van der Waals surface area (Å²) in [6.07, 6.45) is 3.68. The molecule has 1 aromatic carbocycles. The second kappa shape index (κ2) is 6.78. The maximum absolute atomic E-state index is 6.31. The van der Waals surface area contributed by atoms with Gasteiger partial charge in [-0.15, -0.1) is 0 Å². The second-order valence-corrected chi connectivity index (χ2v) is 6.72. The number of aromatic nitrogens is 4. The third-order valence-corrected chi connectivity index (χ3v) is 4.71. The molecule has 1 atom stereocenters. The van der Waals surface area contributed by atoms with E-state index in [1.54, 1.807) is 19.5 Å². The number of hydrogen-bond acceptors (Lipinski definition) is 6. The molecule has 0 radical (unpaired) electrons. The molecule has 0 amide bonds. The Morgan fingerprint density at radius 2 is 2.28 bits per heavy atom. The quantitative estimate of drug-likeness (QED) is 0.629. The lowest BCUT2D eigenvalue weighted by Gasteiger charge is -2.13. The van der Waals surface area contributed by atoms with Gasteiger partial charge in [0.2, 0.25) is 4.73 Å². The highest BCUT2D eigenvalue weighted by atomic mass is 79.9. The SMILES string of the molecule is COc1ccc(Nc2nc(Br)nc3c2ncn3C2CCCO2)c(Cl)c1. The van der Waals surface area contributed by atoms with Crippen molar-refractivity contribution >= 4 is 50.2 Å². The first-order chi connectivity index (χ1) is 12.2. The lowest BCUT2D eigenvalue weighted by molar-refractivity contribution is 0.0592. The van der Waals surface area contributed by atoms with Gasteiger partial charge in [0.05, 0.1) is 24.1 Å². The van der Waals surface area contributed by atoms with Crippen molar-refractivity contribution in [1.82, 2.24) is 19.5 Å². The van der Waals surface area contributed by atoms with Crippen molar-refractivity contribution in [1.29, 1.82) is 0 Å². The highest BCUT2D eigenvalue weighted by Gasteiger charge is 2.22. The largest absolute Gasteiger partial charge is 0.497 e. The second-order valence-electron chi connectivity index (χ2n) is 5.60. The molecule has 9 heteroatoms. The van der Waals surface area contributed by atoms with Gasteiger partial charge in [0.25, 0.3) is 0 Å². The molecule has 0 saturated carbocycles. The minimum atomic E-state index is -0.0378. The number of nitrogens with zero attached hydrogens (tertiary/aromatic N) is 4. The van der Waals surface area contributed by atoms with Crippen LogP contribution in [0.3, 0.4) is 0 Å². The van der Waals surface area contributed by atoms with E-state index < -0.39 is 0 Å². The lowest BCUT2D eigenvalue weighted by Crippen LogP contribution is -2.07. The fourth-order valence-electron chi connectivity index (χ4n) is 2.82. The van der Waals surface area contributed by atoms with Crippen LogP contribution in [0.4, 0.5) is 11.5 Å². The molecule has 25 heavy (non-hydrogen) atoms. The predicted octanol–water partition coefficient (Wildman–Crippen LogP) is 4.30. The summed E-state index contributed by atoms with van der Waals surface area (Å²) in [5, 5.41) is 3.75. The van der Waals surface area contributed by atoms with Gasteiger partial charge in [-0.25, -0.2) is 15.0 Å². The molecule has 3 heterocycles. The summed E-state index contributed by atoms with van der Waals surface area (Å²) in [6, 6.07) is 5.40. The first-order valence-electron chi connectivity index (χ1n) is 7.78. The van der Waals surface area contributed by atoms with E-state index in [0.29, 0.717) is 38.2 Å². The van der Waals surface area contributed by atoms with Crippen molar-refractivity contribution in [3.05, 3.63) is 34.3 Å². The summed E-state index contributed by atoms with van der Waals surface area (Å²) in [7, 11) is 1.60. The molecule has 1 aliphatic heterocycles. The third kappa shape index (κ3) is 3.17. The van der Waals surface area contributed by atoms with Crippen LogP contribution >= 0.6 is 27.5 Å². The van der Waals surface area contributed by atoms with Crippen molar-refractivity contribution in [3.8, 4) is 5.75 Å². The number of anilines is 2. The van der Waals surface area contributed by atoms with E-state index >= 15 is 0 Å². The number of benzene rings is 1. The van der Waals surface area contributed by atoms with Crippen molar-refractivity contribution < 1.29 is 9.47 Å². The Labute approximate surface area is 157 Å². The maximum atomic E-state index is 6.31. The van der Waals surface area contributed by atoms with Gasteiger partial charge in [0.15, 0.2) is 17.0 Å². The van der Waals surface area contributed by atoms with Crippen molar-refractivity contribution in [2.24, 2.45) is 0 Å². The molecule has 1 aliphatic rings. The molecule has 0 aliphatic carbocycles. The average Bonchev–Trinajstić information content (AvgIpc) is 3.25. The first-order valence-corrected chi connectivity index (χ1v) is 8.95. The van der Waals surface area contributed by atoms with E-state index in [9.17, 15) is 0 Å². The highest BCUT2D eigenvalue weighted by molar-refractivity contribution is 9.10. The number of methoxy groups -OCH3 is 1. The summed E-state index contributed by atoms with van der Waals surface area (Å²) in [6.45, 7) is 0.753. The Morgan fingerprint density at radius 1 is 1.40 bits per heavy atom. The van der Waals surface area contributed by atoms with Gasteiger partial charge in [-0.2, -0.15) is 0 Å². The third-order valence-electron chi connectivity index (χ3n) is 4.04. The fourth-order valence-corrected chi connectivity index (χ4v) is 3.38. The summed E-state index contributed by atoms with van der Waals surface area (Å²) in [5.74, 6) is 1.26. The van der Waals surface area contributed by atoms with E-state index in [-0.39, 0.29) is 6.23 Å². The molecular weight excluding hydrogens is 410 g/mol. The summed E-state index contributed by atoms with van der Waals surface area (Å²) in [4.78, 5) is 13.3. The van der Waals surface area contributed by atoms with Gasteiger partial charge in [-0.05, 0) is 40.9 Å². The van der Waals surface area contributed by atoms with Gasteiger partial charge >= 0.3 is 0 Å². The van der Waals surface area contributed by atoms with Crippen molar-refractivity contribution in [3.63, 3.8) is 0 Å². The van der Waals surface area contributed by atoms with Gasteiger partial charge < -0.3 is 14.8 Å². The Kier molecular flexibility index (Phi) is 4.49. The summed E-state index contributed by atoms with van der Waals surface area (Å²) in [5.41, 5.74) is 2.08. The maximum Gasteiger partial charge on any atom is 0.200 e. The standard InChI is InChI=1S/C16H15BrClN5O2/c1-24-9-4-5-11(10(18)7-9)20-14-13-15(22-16(17)21-14)23(8-19-13)12-3-2-6-25-12/h4-5,7-8,12H,2-3,6H2,1H3,(H,20,21,22). The van der Waals surface area contributed by atoms with Crippen LogP contribution in [-0.4, -0.2) is 33.2 Å². The number of imidazole rings is 1. The summed E-state index contributed by atoms with van der Waals surface area (Å²) < 4.78 is 13.3. The Bertz CT molecular complexity index is 926. The van der Waals surface area contributed by atoms with Crippen molar-refractivity contribution in [2.75, 3.05) is 19.0 Å². The van der Waals surface area contributed by atoms with Crippen molar-refractivity contribution in [2.45, 2.75) is 19.1 Å². The van der Waals surface area contributed by atoms with Crippen LogP contribution < -0.4 is 10.1 Å². The molecule has 1 saturated heterocycles. The molecule has 4 rings (SSSR count). The molecule has 0 spiro atoms. The molecule has 3 aromatic rings. The van der Waals surface area contributed by atoms with E-state index in [0.717, 1.165) is 19.4 Å². The molecule has 1 fully saturated rings. The topological polar surface area (TPSA) is 74.1 Å². The van der Waals surface area contributed by atoms with E-state index in [4.69, 9.17) is 21.1 Å². The van der Waals surface area contributed by atoms with Crippen LogP contribution in [0, 0.1) is 0 Å². The van der Waals surface area contributed by atoms with Gasteiger partial charge in [-0.3, -0.25) is 4.57 Å². The minimum Gasteiger partial charge on any atom is -0.497 e. The lowest BCUT2D eigenvalue weighted by atomic mass is 10.3. The van der Waals surface area contributed by atoms with Gasteiger partial charge in [0.1, 0.15) is 12.0 Å². The summed E-state index contributed by atoms with van der Waals surface area (Å²) >= 11 is 9.68. The van der Waals surface area contributed by atoms with E-state index in [2.05, 4.69) is 36.2 Å². The molecular formula is C16H15BrClN5O2. The molecule has 0 bridgehead atoms. The van der Waals surface area contributed by atoms with Crippen LogP contribution in [0.1, 0.15) is 19.1 Å². The number of rotatable bonds is 4. The zero-order chi connectivity index (χ0) is 17.4. The molecule has 2 aromatic heterocycles. The molecule has 130 valence electrons. The zero-order valence-corrected chi connectivity index (χ0v) is 15.7. The normalized spacial score (nSPS) is 17.2. The number of ether oxygens (including phenoxy) is 2. The molecule has 1 N–H and O–H groups in total. The fraction of sp³-hybridized carbons (Fsp3) is 0.312. The number of nitrogens with one attached hydrogen (secondary N) is 1. The Hall–Kier alpha value is -1.90. The molecule has 7 nitrogen and oxygen atoms in total. The number of hydrogen-bond donors (Lipinski definition) is 1. The number of fused-ring (bicyclic) bond motifs is 1. The highest BCUT2D eigenvalue weighted by Crippen LogP contribution is 2.33. The van der Waals surface area contributed by atoms with Crippen LogP contribution in [0.2, 0.25) is 5.02 Å². The van der Waals surface area contributed by atoms with Gasteiger partial charge in [0, 0.05) is 12.7 Å². The predicted molar refractivity (Wildman–Crippen MR) is 98.5 cm³/mol. The smallest absolute Gasteiger partial charge is 0.200 e. The monoisotopic (exact) mass is 423 g/mol. The Morgan fingerprint density at radius 3 is 3.00 bits per heavy atom. The van der Waals surface area contributed by atoms with Gasteiger partial charge in [-0.1, -0.05) is 11.6 Å². The van der Waals surface area contributed by atoms with Crippen LogP contribution in [-0.2, 0) is 4.74 Å². The molecule has 1 unspecified atom stereocenters. The van der Waals surface area contributed by atoms with Crippen LogP contribution in [0.25, 0.3) is 11.2 Å². The minimum absolute atomic E-state index is 0.0378. The first kappa shape index (κ1) is 16.6. The zero-order valence-electron chi connectivity index (χ0n) is 13.4. The van der Waals surface area contributed by atoms with E-state index in [1.165, 1.54) is 0 Å². The van der Waals surface area contributed by atoms with Crippen LogP contribution in [0.5, 0.6) is 5.75 Å². The Balaban J connectivity index is 1.74. The average molecular weight is 425 g/mol.